The Balaban J connectivity index is 2.55. The molecule has 0 spiro atoms. The Hall–Kier alpha value is -2.41. The fourth-order valence-electron chi connectivity index (χ4n) is 2.15. The zero-order chi connectivity index (χ0) is 14.0. The predicted octanol–water partition coefficient (Wildman–Crippen LogP) is 3.42. The molecule has 0 radical (unpaired) electrons. The predicted molar refractivity (Wildman–Crippen MR) is 73.9 cm³/mol. The molecular weight excluding hydrogens is 240 g/mol. The summed E-state index contributed by atoms with van der Waals surface area (Å²) < 4.78 is 10.8. The molecule has 0 saturated heterocycles. The first-order valence-corrected chi connectivity index (χ1v) is 6.11. The Morgan fingerprint density at radius 3 is 2.68 bits per heavy atom. The smallest absolute Gasteiger partial charge is 0.209 e. The van der Waals surface area contributed by atoms with E-state index in [1.165, 1.54) is 0 Å². The Morgan fingerprint density at radius 2 is 2.11 bits per heavy atom. The highest BCUT2D eigenvalue weighted by Crippen LogP contribution is 2.35. The first kappa shape index (κ1) is 13.0. The molecule has 19 heavy (non-hydrogen) atoms. The van der Waals surface area contributed by atoms with Crippen LogP contribution in [0.5, 0.6) is 5.75 Å². The summed E-state index contributed by atoms with van der Waals surface area (Å²) in [4.78, 5) is 0. The summed E-state index contributed by atoms with van der Waals surface area (Å²) in [6.07, 6.45) is 0. The molecule has 2 N–H and O–H groups in total. The molecule has 2 aromatic rings. The number of furan rings is 1. The van der Waals surface area contributed by atoms with Gasteiger partial charge in [0.1, 0.15) is 23.1 Å². The zero-order valence-electron chi connectivity index (χ0n) is 11.3. The van der Waals surface area contributed by atoms with E-state index in [-0.39, 0.29) is 5.88 Å². The van der Waals surface area contributed by atoms with Gasteiger partial charge >= 0.3 is 0 Å². The van der Waals surface area contributed by atoms with E-state index in [0.717, 1.165) is 22.4 Å². The standard InChI is InChI=1S/C15H16N2O2/c1-4-18-13-6-5-11(7-9(13)2)14-10(3)19-15(17)12(14)8-16/h5-7H,4,17H2,1-3H3. The van der Waals surface area contributed by atoms with Gasteiger partial charge in [0, 0.05) is 5.56 Å². The Labute approximate surface area is 112 Å². The number of benzene rings is 1. The molecule has 0 bridgehead atoms. The molecule has 0 aliphatic heterocycles. The van der Waals surface area contributed by atoms with Gasteiger partial charge in [-0.2, -0.15) is 5.26 Å². The Bertz CT molecular complexity index is 651. The zero-order valence-corrected chi connectivity index (χ0v) is 11.3. The minimum Gasteiger partial charge on any atom is -0.494 e. The van der Waals surface area contributed by atoms with Crippen molar-refractivity contribution in [3.8, 4) is 22.9 Å². The number of anilines is 1. The largest absolute Gasteiger partial charge is 0.494 e. The van der Waals surface area contributed by atoms with E-state index < -0.39 is 0 Å². The van der Waals surface area contributed by atoms with Gasteiger partial charge in [-0.3, -0.25) is 0 Å². The molecule has 0 atom stereocenters. The molecule has 2 rings (SSSR count). The third-order valence-electron chi connectivity index (χ3n) is 2.99. The van der Waals surface area contributed by atoms with Crippen molar-refractivity contribution < 1.29 is 9.15 Å². The van der Waals surface area contributed by atoms with Crippen LogP contribution in [-0.2, 0) is 0 Å². The van der Waals surface area contributed by atoms with E-state index in [2.05, 4.69) is 6.07 Å². The van der Waals surface area contributed by atoms with Crippen LogP contribution in [0.1, 0.15) is 23.8 Å². The first-order valence-electron chi connectivity index (χ1n) is 6.11. The van der Waals surface area contributed by atoms with E-state index in [1.807, 2.05) is 32.0 Å². The van der Waals surface area contributed by atoms with Gasteiger partial charge < -0.3 is 14.9 Å². The minimum absolute atomic E-state index is 0.168. The van der Waals surface area contributed by atoms with Crippen molar-refractivity contribution in [2.45, 2.75) is 20.8 Å². The summed E-state index contributed by atoms with van der Waals surface area (Å²) in [5.74, 6) is 1.66. The first-order chi connectivity index (χ1) is 9.08. The molecule has 0 fully saturated rings. The highest BCUT2D eigenvalue weighted by atomic mass is 16.5. The maximum Gasteiger partial charge on any atom is 0.209 e. The van der Waals surface area contributed by atoms with Crippen LogP contribution in [0.15, 0.2) is 22.6 Å². The fourth-order valence-corrected chi connectivity index (χ4v) is 2.15. The van der Waals surface area contributed by atoms with Gasteiger partial charge in [0.2, 0.25) is 5.88 Å². The van der Waals surface area contributed by atoms with Gasteiger partial charge in [-0.05, 0) is 44.0 Å². The van der Waals surface area contributed by atoms with Crippen molar-refractivity contribution in [3.63, 3.8) is 0 Å². The van der Waals surface area contributed by atoms with Crippen LogP contribution in [0.3, 0.4) is 0 Å². The molecule has 1 aromatic heterocycles. The minimum atomic E-state index is 0.168. The van der Waals surface area contributed by atoms with Crippen molar-refractivity contribution in [2.75, 3.05) is 12.3 Å². The molecule has 0 amide bonds. The highest BCUT2D eigenvalue weighted by molar-refractivity contribution is 5.78. The molecule has 98 valence electrons. The van der Waals surface area contributed by atoms with Crippen LogP contribution in [-0.4, -0.2) is 6.61 Å². The lowest BCUT2D eigenvalue weighted by atomic mass is 10.00. The second kappa shape index (κ2) is 5.07. The molecule has 1 heterocycles. The number of rotatable bonds is 3. The molecule has 4 nitrogen and oxygen atoms in total. The average molecular weight is 256 g/mol. The van der Waals surface area contributed by atoms with Gasteiger partial charge in [-0.25, -0.2) is 0 Å². The van der Waals surface area contributed by atoms with Crippen LogP contribution < -0.4 is 10.5 Å². The van der Waals surface area contributed by atoms with Crippen molar-refractivity contribution in [2.24, 2.45) is 0 Å². The second-order valence-electron chi connectivity index (χ2n) is 4.30. The van der Waals surface area contributed by atoms with Crippen molar-refractivity contribution in [3.05, 3.63) is 35.1 Å². The summed E-state index contributed by atoms with van der Waals surface area (Å²) in [5, 5.41) is 9.17. The Kier molecular flexibility index (Phi) is 3.48. The molecule has 4 heteroatoms. The fraction of sp³-hybridized carbons (Fsp3) is 0.267. The van der Waals surface area contributed by atoms with Gasteiger partial charge in [-0.1, -0.05) is 6.07 Å². The van der Waals surface area contributed by atoms with E-state index in [4.69, 9.17) is 20.1 Å². The molecule has 0 unspecified atom stereocenters. The monoisotopic (exact) mass is 256 g/mol. The highest BCUT2D eigenvalue weighted by Gasteiger charge is 2.17. The number of nitrogen functional groups attached to an aromatic ring is 1. The van der Waals surface area contributed by atoms with Gasteiger partial charge in [0.15, 0.2) is 0 Å². The maximum absolute atomic E-state index is 9.17. The second-order valence-corrected chi connectivity index (χ2v) is 4.30. The lowest BCUT2D eigenvalue weighted by Gasteiger charge is -2.09. The summed E-state index contributed by atoms with van der Waals surface area (Å²) in [5.41, 5.74) is 8.77. The number of hydrogen-bond acceptors (Lipinski definition) is 4. The Morgan fingerprint density at radius 1 is 1.37 bits per heavy atom. The summed E-state index contributed by atoms with van der Waals surface area (Å²) in [6.45, 7) is 6.35. The van der Waals surface area contributed by atoms with E-state index >= 15 is 0 Å². The van der Waals surface area contributed by atoms with Crippen LogP contribution >= 0.6 is 0 Å². The summed E-state index contributed by atoms with van der Waals surface area (Å²) >= 11 is 0. The van der Waals surface area contributed by atoms with Crippen LogP contribution in [0.2, 0.25) is 0 Å². The summed E-state index contributed by atoms with van der Waals surface area (Å²) in [7, 11) is 0. The topological polar surface area (TPSA) is 72.2 Å². The average Bonchev–Trinajstić information content (AvgIpc) is 2.66. The van der Waals surface area contributed by atoms with Crippen LogP contribution in [0.25, 0.3) is 11.1 Å². The molecule has 0 aliphatic rings. The molecule has 1 aromatic carbocycles. The van der Waals surface area contributed by atoms with E-state index in [9.17, 15) is 0 Å². The number of ether oxygens (including phenoxy) is 1. The van der Waals surface area contributed by atoms with E-state index in [0.29, 0.717) is 17.9 Å². The van der Waals surface area contributed by atoms with Crippen molar-refractivity contribution in [1.29, 1.82) is 5.26 Å². The van der Waals surface area contributed by atoms with E-state index in [1.54, 1.807) is 6.92 Å². The SMILES string of the molecule is CCOc1ccc(-c2c(C)oc(N)c2C#N)cc1C. The van der Waals surface area contributed by atoms with Gasteiger partial charge in [-0.15, -0.1) is 0 Å². The third-order valence-corrected chi connectivity index (χ3v) is 2.99. The van der Waals surface area contributed by atoms with Crippen molar-refractivity contribution >= 4 is 5.88 Å². The number of hydrogen-bond donors (Lipinski definition) is 1. The lowest BCUT2D eigenvalue weighted by molar-refractivity contribution is 0.338. The van der Waals surface area contributed by atoms with Crippen LogP contribution in [0.4, 0.5) is 5.88 Å². The number of aryl methyl sites for hydroxylation is 2. The maximum atomic E-state index is 9.17. The molecule has 0 saturated carbocycles. The van der Waals surface area contributed by atoms with Gasteiger partial charge in [0.05, 0.1) is 6.61 Å². The van der Waals surface area contributed by atoms with Crippen molar-refractivity contribution in [1.82, 2.24) is 0 Å². The number of nitrogens with zero attached hydrogens (tertiary/aromatic N) is 1. The number of nitrogens with two attached hydrogens (primary N) is 1. The number of nitriles is 1. The lowest BCUT2D eigenvalue weighted by Crippen LogP contribution is -1.94. The third kappa shape index (κ3) is 2.27. The normalized spacial score (nSPS) is 10.2. The molecule has 0 aliphatic carbocycles. The van der Waals surface area contributed by atoms with Gasteiger partial charge in [0.25, 0.3) is 0 Å². The summed E-state index contributed by atoms with van der Waals surface area (Å²) in [6, 6.07) is 7.88. The quantitative estimate of drug-likeness (QED) is 0.913. The van der Waals surface area contributed by atoms with Crippen LogP contribution in [0, 0.1) is 25.2 Å². The molecular formula is C15H16N2O2.